The highest BCUT2D eigenvalue weighted by atomic mass is 35.5. The number of rotatable bonds is 5. The van der Waals surface area contributed by atoms with E-state index in [1.54, 1.807) is 6.20 Å². The van der Waals surface area contributed by atoms with E-state index in [2.05, 4.69) is 29.2 Å². The van der Waals surface area contributed by atoms with Crippen molar-refractivity contribution < 1.29 is 4.79 Å². The van der Waals surface area contributed by atoms with Crippen LogP contribution in [0.15, 0.2) is 30.5 Å². The Bertz CT molecular complexity index is 795. The van der Waals surface area contributed by atoms with E-state index >= 15 is 0 Å². The van der Waals surface area contributed by atoms with E-state index in [0.717, 1.165) is 36.9 Å². The third-order valence-corrected chi connectivity index (χ3v) is 5.54. The second-order valence-corrected chi connectivity index (χ2v) is 8.11. The molecule has 138 valence electrons. The highest BCUT2D eigenvalue weighted by Gasteiger charge is 2.35. The lowest BCUT2D eigenvalue weighted by Crippen LogP contribution is -2.37. The average molecular weight is 373 g/mol. The number of nitrogens with zero attached hydrogens (tertiary/aromatic N) is 3. The maximum absolute atomic E-state index is 12.9. The van der Waals surface area contributed by atoms with Gasteiger partial charge in [-0.05, 0) is 49.4 Å². The zero-order chi connectivity index (χ0) is 18.3. The van der Waals surface area contributed by atoms with Crippen molar-refractivity contribution in [2.24, 2.45) is 0 Å². The molecule has 1 unspecified atom stereocenters. The molecule has 1 atom stereocenters. The second-order valence-electron chi connectivity index (χ2n) is 7.67. The fourth-order valence-corrected chi connectivity index (χ4v) is 3.94. The fourth-order valence-electron chi connectivity index (χ4n) is 3.82. The van der Waals surface area contributed by atoms with Crippen LogP contribution in [0, 0.1) is 0 Å². The fraction of sp³-hybridized carbons (Fsp3) is 0.500. The Hall–Kier alpha value is -1.85. The molecule has 5 nitrogen and oxygen atoms in total. The summed E-state index contributed by atoms with van der Waals surface area (Å²) in [4.78, 5) is 15.4. The highest BCUT2D eigenvalue weighted by molar-refractivity contribution is 6.30. The van der Waals surface area contributed by atoms with Crippen molar-refractivity contribution in [1.29, 1.82) is 0 Å². The summed E-state index contributed by atoms with van der Waals surface area (Å²) in [5, 5.41) is 8.40. The Kier molecular flexibility index (Phi) is 4.76. The Morgan fingerprint density at radius 1 is 1.23 bits per heavy atom. The average Bonchev–Trinajstić information content (AvgIpc) is 3.18. The summed E-state index contributed by atoms with van der Waals surface area (Å²) in [6, 6.07) is 8.53. The Morgan fingerprint density at radius 3 is 2.62 bits per heavy atom. The first-order valence-electron chi connectivity index (χ1n) is 9.41. The minimum atomic E-state index is -0.0171. The molecule has 1 aromatic carbocycles. The minimum Gasteiger partial charge on any atom is -0.348 e. The maximum atomic E-state index is 12.9. The number of halogens is 1. The molecular weight excluding hydrogens is 348 g/mol. The molecule has 2 heterocycles. The molecule has 4 rings (SSSR count). The van der Waals surface area contributed by atoms with E-state index in [0.29, 0.717) is 10.6 Å². The Morgan fingerprint density at radius 2 is 1.96 bits per heavy atom. The number of amides is 1. The van der Waals surface area contributed by atoms with E-state index in [1.807, 2.05) is 28.9 Å². The maximum Gasteiger partial charge on any atom is 0.255 e. The van der Waals surface area contributed by atoms with Crippen LogP contribution in [0.1, 0.15) is 55.1 Å². The van der Waals surface area contributed by atoms with Crippen LogP contribution in [-0.4, -0.2) is 45.8 Å². The van der Waals surface area contributed by atoms with Crippen LogP contribution in [0.3, 0.4) is 0 Å². The highest BCUT2D eigenvalue weighted by Crippen LogP contribution is 2.30. The van der Waals surface area contributed by atoms with E-state index in [-0.39, 0.29) is 17.9 Å². The van der Waals surface area contributed by atoms with Crippen molar-refractivity contribution >= 4 is 17.5 Å². The Labute approximate surface area is 159 Å². The second kappa shape index (κ2) is 7.05. The van der Waals surface area contributed by atoms with Gasteiger partial charge in [0.25, 0.3) is 5.91 Å². The summed E-state index contributed by atoms with van der Waals surface area (Å²) in [5.74, 6) is 0.164. The van der Waals surface area contributed by atoms with Crippen LogP contribution in [0.5, 0.6) is 0 Å². The molecule has 1 amide bonds. The van der Waals surface area contributed by atoms with Gasteiger partial charge in [-0.15, -0.1) is 0 Å². The van der Waals surface area contributed by atoms with Gasteiger partial charge >= 0.3 is 0 Å². The molecule has 1 aliphatic heterocycles. The van der Waals surface area contributed by atoms with Crippen molar-refractivity contribution in [3.8, 4) is 5.69 Å². The number of hydrogen-bond donors (Lipinski definition) is 1. The largest absolute Gasteiger partial charge is 0.348 e. The lowest BCUT2D eigenvalue weighted by atomic mass is 10.0. The van der Waals surface area contributed by atoms with Gasteiger partial charge in [0.15, 0.2) is 0 Å². The van der Waals surface area contributed by atoms with E-state index in [1.165, 1.54) is 12.8 Å². The number of benzene rings is 1. The lowest BCUT2D eigenvalue weighted by Gasteiger charge is -2.17. The molecule has 2 aromatic rings. The molecule has 1 aliphatic carbocycles. The van der Waals surface area contributed by atoms with Crippen molar-refractivity contribution in [2.75, 3.05) is 13.1 Å². The van der Waals surface area contributed by atoms with Crippen LogP contribution >= 0.6 is 11.6 Å². The molecule has 2 aliphatic rings. The molecule has 1 saturated carbocycles. The van der Waals surface area contributed by atoms with Crippen molar-refractivity contribution in [3.63, 3.8) is 0 Å². The third-order valence-electron chi connectivity index (χ3n) is 5.29. The molecule has 6 heteroatoms. The predicted octanol–water partition coefficient (Wildman–Crippen LogP) is 3.62. The summed E-state index contributed by atoms with van der Waals surface area (Å²) in [7, 11) is 0. The summed E-state index contributed by atoms with van der Waals surface area (Å²) in [6.45, 7) is 6.24. The monoisotopic (exact) mass is 372 g/mol. The van der Waals surface area contributed by atoms with Crippen LogP contribution in [0.2, 0.25) is 5.02 Å². The first-order chi connectivity index (χ1) is 12.5. The molecule has 2 fully saturated rings. The van der Waals surface area contributed by atoms with Crippen LogP contribution < -0.4 is 5.32 Å². The summed E-state index contributed by atoms with van der Waals surface area (Å²) < 4.78 is 1.85. The molecular formula is C20H25ClN4O. The SMILES string of the molecule is CC(C)c1c(C(=O)NC2CCN(C3CC3)C2)cnn1-c1ccc(Cl)cc1. The van der Waals surface area contributed by atoms with Gasteiger partial charge in [-0.2, -0.15) is 5.10 Å². The summed E-state index contributed by atoms with van der Waals surface area (Å²) in [5.41, 5.74) is 2.51. The summed E-state index contributed by atoms with van der Waals surface area (Å²) in [6.07, 6.45) is 5.34. The Balaban J connectivity index is 1.54. The van der Waals surface area contributed by atoms with Gasteiger partial charge in [-0.25, -0.2) is 4.68 Å². The number of carbonyl (C=O) groups is 1. The number of nitrogens with one attached hydrogen (secondary N) is 1. The third kappa shape index (κ3) is 3.51. The van der Waals surface area contributed by atoms with Gasteiger partial charge in [0.05, 0.1) is 23.1 Å². The van der Waals surface area contributed by atoms with Gasteiger partial charge in [-0.3, -0.25) is 9.69 Å². The number of aromatic nitrogens is 2. The molecule has 1 N–H and O–H groups in total. The minimum absolute atomic E-state index is 0.0171. The first-order valence-corrected chi connectivity index (χ1v) is 9.79. The smallest absolute Gasteiger partial charge is 0.255 e. The van der Waals surface area contributed by atoms with Crippen molar-refractivity contribution in [1.82, 2.24) is 20.0 Å². The number of likely N-dealkylation sites (tertiary alicyclic amines) is 1. The molecule has 1 aromatic heterocycles. The molecule has 0 spiro atoms. The zero-order valence-electron chi connectivity index (χ0n) is 15.3. The van der Waals surface area contributed by atoms with E-state index in [9.17, 15) is 4.79 Å². The van der Waals surface area contributed by atoms with Crippen LogP contribution in [-0.2, 0) is 0 Å². The van der Waals surface area contributed by atoms with Gasteiger partial charge < -0.3 is 5.32 Å². The number of carbonyl (C=O) groups excluding carboxylic acids is 1. The van der Waals surface area contributed by atoms with Gasteiger partial charge in [0.1, 0.15) is 0 Å². The lowest BCUT2D eigenvalue weighted by molar-refractivity contribution is 0.0936. The van der Waals surface area contributed by atoms with Crippen LogP contribution in [0.25, 0.3) is 5.69 Å². The molecule has 0 radical (unpaired) electrons. The van der Waals surface area contributed by atoms with E-state index in [4.69, 9.17) is 11.6 Å². The van der Waals surface area contributed by atoms with Gasteiger partial charge in [0, 0.05) is 30.2 Å². The predicted molar refractivity (Wildman–Crippen MR) is 103 cm³/mol. The zero-order valence-corrected chi connectivity index (χ0v) is 16.0. The summed E-state index contributed by atoms with van der Waals surface area (Å²) >= 11 is 5.99. The molecule has 0 bridgehead atoms. The molecule has 26 heavy (non-hydrogen) atoms. The van der Waals surface area contributed by atoms with Crippen molar-refractivity contribution in [2.45, 2.75) is 51.1 Å². The first kappa shape index (κ1) is 17.6. The molecule has 1 saturated heterocycles. The number of hydrogen-bond acceptors (Lipinski definition) is 3. The van der Waals surface area contributed by atoms with Crippen molar-refractivity contribution in [3.05, 3.63) is 46.7 Å². The van der Waals surface area contributed by atoms with Gasteiger partial charge in [0.2, 0.25) is 0 Å². The standard InChI is InChI=1S/C20H25ClN4O/c1-13(2)19-18(11-22-25(19)17-5-3-14(21)4-6-17)20(26)23-15-9-10-24(12-15)16-7-8-16/h3-6,11,13,15-16H,7-10,12H2,1-2H3,(H,23,26). The van der Waals surface area contributed by atoms with E-state index < -0.39 is 0 Å². The topological polar surface area (TPSA) is 50.2 Å². The van der Waals surface area contributed by atoms with Crippen LogP contribution in [0.4, 0.5) is 0 Å². The normalized spacial score (nSPS) is 20.7. The van der Waals surface area contributed by atoms with Gasteiger partial charge in [-0.1, -0.05) is 25.4 Å². The quantitative estimate of drug-likeness (QED) is 0.872.